The Hall–Kier alpha value is -2.33. The van der Waals surface area contributed by atoms with Crippen LogP contribution in [0, 0.1) is 0 Å². The minimum Gasteiger partial charge on any atom is -0.396 e. The maximum Gasteiger partial charge on any atom is 0.153 e. The van der Waals surface area contributed by atoms with Crippen LogP contribution in [0.2, 0.25) is 0 Å². The number of benzene rings is 1. The summed E-state index contributed by atoms with van der Waals surface area (Å²) >= 11 is 1.73. The van der Waals surface area contributed by atoms with Gasteiger partial charge in [-0.3, -0.25) is 0 Å². The third kappa shape index (κ3) is 2.58. The van der Waals surface area contributed by atoms with Gasteiger partial charge in [-0.2, -0.15) is 0 Å². The fraction of sp³-hybridized carbons (Fsp3) is 0. The van der Waals surface area contributed by atoms with Crippen LogP contribution in [0.1, 0.15) is 0 Å². The third-order valence-corrected chi connectivity index (χ3v) is 3.69. The number of hydrogen-bond acceptors (Lipinski definition) is 4. The molecule has 0 saturated carbocycles. The number of nitrogen functional groups attached to an aromatic ring is 1. The van der Waals surface area contributed by atoms with Crippen molar-refractivity contribution in [3.05, 3.63) is 60.1 Å². The second kappa shape index (κ2) is 5.12. The standard InChI is InChI=1S/C15H13N3S/c16-13-6-2-8-17-15(13)18-12-5-1-4-11(10-12)14-7-3-9-19-14/h1-10H,16H2,(H,17,18). The van der Waals surface area contributed by atoms with E-state index in [1.165, 1.54) is 10.4 Å². The van der Waals surface area contributed by atoms with Crippen LogP contribution in [0.25, 0.3) is 10.4 Å². The van der Waals surface area contributed by atoms with E-state index in [2.05, 4.69) is 39.9 Å². The summed E-state index contributed by atoms with van der Waals surface area (Å²) in [5.41, 5.74) is 8.69. The van der Waals surface area contributed by atoms with Crippen LogP contribution in [0.3, 0.4) is 0 Å². The summed E-state index contributed by atoms with van der Waals surface area (Å²) in [5, 5.41) is 5.32. The topological polar surface area (TPSA) is 50.9 Å². The molecule has 0 radical (unpaired) electrons. The van der Waals surface area contributed by atoms with Crippen LogP contribution in [0.4, 0.5) is 17.2 Å². The molecule has 94 valence electrons. The van der Waals surface area contributed by atoms with Crippen LogP contribution in [0.15, 0.2) is 60.1 Å². The van der Waals surface area contributed by atoms with E-state index in [0.717, 1.165) is 5.69 Å². The molecule has 0 bridgehead atoms. The smallest absolute Gasteiger partial charge is 0.153 e. The van der Waals surface area contributed by atoms with Crippen molar-refractivity contribution in [2.75, 3.05) is 11.1 Å². The van der Waals surface area contributed by atoms with Gasteiger partial charge in [0.1, 0.15) is 0 Å². The van der Waals surface area contributed by atoms with E-state index in [1.54, 1.807) is 17.5 Å². The SMILES string of the molecule is Nc1cccnc1Nc1cccc(-c2cccs2)c1. The lowest BCUT2D eigenvalue weighted by molar-refractivity contribution is 1.31. The molecule has 2 heterocycles. The Labute approximate surface area is 115 Å². The van der Waals surface area contributed by atoms with E-state index in [1.807, 2.05) is 24.3 Å². The van der Waals surface area contributed by atoms with Gasteiger partial charge in [-0.1, -0.05) is 18.2 Å². The highest BCUT2D eigenvalue weighted by atomic mass is 32.1. The first kappa shape index (κ1) is 11.7. The zero-order valence-corrected chi connectivity index (χ0v) is 11.0. The molecule has 0 saturated heterocycles. The van der Waals surface area contributed by atoms with Gasteiger partial charge in [0.15, 0.2) is 5.82 Å². The summed E-state index contributed by atoms with van der Waals surface area (Å²) in [7, 11) is 0. The van der Waals surface area contributed by atoms with Crippen LogP contribution >= 0.6 is 11.3 Å². The minimum atomic E-state index is 0.643. The molecule has 0 aliphatic rings. The van der Waals surface area contributed by atoms with E-state index in [-0.39, 0.29) is 0 Å². The van der Waals surface area contributed by atoms with Crippen molar-refractivity contribution in [3.63, 3.8) is 0 Å². The van der Waals surface area contributed by atoms with Gasteiger partial charge in [-0.05, 0) is 41.3 Å². The Morgan fingerprint density at radius 3 is 2.79 bits per heavy atom. The second-order valence-electron chi connectivity index (χ2n) is 4.12. The molecule has 0 atom stereocenters. The number of rotatable bonds is 3. The largest absolute Gasteiger partial charge is 0.396 e. The Kier molecular flexibility index (Phi) is 3.16. The van der Waals surface area contributed by atoms with Crippen molar-refractivity contribution in [2.45, 2.75) is 0 Å². The van der Waals surface area contributed by atoms with E-state index in [9.17, 15) is 0 Å². The molecule has 0 aliphatic carbocycles. The third-order valence-electron chi connectivity index (χ3n) is 2.77. The van der Waals surface area contributed by atoms with Gasteiger partial charge in [-0.15, -0.1) is 11.3 Å². The summed E-state index contributed by atoms with van der Waals surface area (Å²) in [6.45, 7) is 0. The first-order chi connectivity index (χ1) is 9.33. The number of hydrogen-bond donors (Lipinski definition) is 2. The molecule has 0 spiro atoms. The lowest BCUT2D eigenvalue weighted by Crippen LogP contribution is -1.98. The summed E-state index contributed by atoms with van der Waals surface area (Å²) in [6.07, 6.45) is 1.72. The number of thiophene rings is 1. The number of anilines is 3. The summed E-state index contributed by atoms with van der Waals surface area (Å²) in [5.74, 6) is 0.686. The predicted octanol–water partition coefficient (Wildman–Crippen LogP) is 4.14. The van der Waals surface area contributed by atoms with Crippen molar-refractivity contribution in [1.29, 1.82) is 0 Å². The van der Waals surface area contributed by atoms with E-state index >= 15 is 0 Å². The monoisotopic (exact) mass is 267 g/mol. The molecule has 3 aromatic rings. The van der Waals surface area contributed by atoms with Crippen molar-refractivity contribution in [2.24, 2.45) is 0 Å². The summed E-state index contributed by atoms with van der Waals surface area (Å²) < 4.78 is 0. The van der Waals surface area contributed by atoms with Crippen molar-refractivity contribution >= 4 is 28.5 Å². The molecule has 3 nitrogen and oxygen atoms in total. The summed E-state index contributed by atoms with van der Waals surface area (Å²) in [4.78, 5) is 5.48. The lowest BCUT2D eigenvalue weighted by Gasteiger charge is -2.08. The number of pyridine rings is 1. The number of nitrogens with one attached hydrogen (secondary N) is 1. The van der Waals surface area contributed by atoms with Crippen molar-refractivity contribution in [3.8, 4) is 10.4 Å². The molecule has 0 unspecified atom stereocenters. The highest BCUT2D eigenvalue weighted by Gasteiger charge is 2.03. The average molecular weight is 267 g/mol. The minimum absolute atomic E-state index is 0.643. The quantitative estimate of drug-likeness (QED) is 0.750. The number of aromatic nitrogens is 1. The normalized spacial score (nSPS) is 10.3. The molecular weight excluding hydrogens is 254 g/mol. The highest BCUT2D eigenvalue weighted by molar-refractivity contribution is 7.13. The number of nitrogens with zero attached hydrogens (tertiary/aromatic N) is 1. The van der Waals surface area contributed by atoms with Gasteiger partial charge in [-0.25, -0.2) is 4.98 Å². The maximum atomic E-state index is 5.88. The molecule has 0 fully saturated rings. The Balaban J connectivity index is 1.90. The molecule has 2 aromatic heterocycles. The first-order valence-corrected chi connectivity index (χ1v) is 6.82. The summed E-state index contributed by atoms with van der Waals surface area (Å²) in [6, 6.07) is 16.0. The fourth-order valence-corrected chi connectivity index (χ4v) is 2.58. The molecular formula is C15H13N3S. The Morgan fingerprint density at radius 1 is 1.05 bits per heavy atom. The van der Waals surface area contributed by atoms with Gasteiger partial charge in [0.2, 0.25) is 0 Å². The molecule has 3 N–H and O–H groups in total. The first-order valence-electron chi connectivity index (χ1n) is 5.94. The van der Waals surface area contributed by atoms with Gasteiger partial charge in [0.05, 0.1) is 5.69 Å². The molecule has 0 aliphatic heterocycles. The molecule has 1 aromatic carbocycles. The molecule has 4 heteroatoms. The predicted molar refractivity (Wildman–Crippen MR) is 81.7 cm³/mol. The van der Waals surface area contributed by atoms with Crippen LogP contribution in [-0.2, 0) is 0 Å². The molecule has 3 rings (SSSR count). The van der Waals surface area contributed by atoms with Gasteiger partial charge in [0.25, 0.3) is 0 Å². The fourth-order valence-electron chi connectivity index (χ4n) is 1.85. The lowest BCUT2D eigenvalue weighted by atomic mass is 10.1. The van der Waals surface area contributed by atoms with E-state index < -0.39 is 0 Å². The van der Waals surface area contributed by atoms with Crippen molar-refractivity contribution in [1.82, 2.24) is 4.98 Å². The maximum absolute atomic E-state index is 5.88. The zero-order chi connectivity index (χ0) is 13.1. The Bertz CT molecular complexity index is 677. The van der Waals surface area contributed by atoms with Crippen LogP contribution < -0.4 is 11.1 Å². The van der Waals surface area contributed by atoms with Gasteiger partial charge in [0, 0.05) is 16.8 Å². The van der Waals surface area contributed by atoms with Crippen LogP contribution in [-0.4, -0.2) is 4.98 Å². The number of nitrogens with two attached hydrogens (primary N) is 1. The highest BCUT2D eigenvalue weighted by Crippen LogP contribution is 2.28. The second-order valence-corrected chi connectivity index (χ2v) is 5.07. The molecule has 19 heavy (non-hydrogen) atoms. The Morgan fingerprint density at radius 2 is 2.00 bits per heavy atom. The van der Waals surface area contributed by atoms with E-state index in [4.69, 9.17) is 5.73 Å². The van der Waals surface area contributed by atoms with Gasteiger partial charge >= 0.3 is 0 Å². The van der Waals surface area contributed by atoms with Crippen LogP contribution in [0.5, 0.6) is 0 Å². The van der Waals surface area contributed by atoms with E-state index in [0.29, 0.717) is 11.5 Å². The van der Waals surface area contributed by atoms with Crippen molar-refractivity contribution < 1.29 is 0 Å². The zero-order valence-electron chi connectivity index (χ0n) is 10.2. The average Bonchev–Trinajstić information content (AvgIpc) is 2.96. The molecule has 0 amide bonds. The van der Waals surface area contributed by atoms with Gasteiger partial charge < -0.3 is 11.1 Å².